The van der Waals surface area contributed by atoms with E-state index in [4.69, 9.17) is 0 Å². The highest BCUT2D eigenvalue weighted by atomic mass is 16.2. The molecule has 124 valence electrons. The Balaban J connectivity index is 1.54. The van der Waals surface area contributed by atoms with Gasteiger partial charge in [-0.3, -0.25) is 9.59 Å². The quantitative estimate of drug-likeness (QED) is 0.943. The van der Waals surface area contributed by atoms with Crippen LogP contribution in [-0.4, -0.2) is 40.8 Å². The van der Waals surface area contributed by atoms with Crippen LogP contribution in [0.2, 0.25) is 0 Å². The smallest absolute Gasteiger partial charge is 0.272 e. The molecule has 0 aliphatic carbocycles. The number of pyridine rings is 1. The van der Waals surface area contributed by atoms with Gasteiger partial charge in [0.1, 0.15) is 5.69 Å². The number of rotatable bonds is 3. The summed E-state index contributed by atoms with van der Waals surface area (Å²) < 4.78 is 0. The Morgan fingerprint density at radius 1 is 1.04 bits per heavy atom. The van der Waals surface area contributed by atoms with E-state index in [1.807, 2.05) is 42.2 Å². The maximum absolute atomic E-state index is 12.5. The first-order valence-corrected chi connectivity index (χ1v) is 8.22. The predicted octanol–water partition coefficient (Wildman–Crippen LogP) is 2.42. The van der Waals surface area contributed by atoms with Gasteiger partial charge in [0.25, 0.3) is 11.8 Å². The molecule has 1 aromatic heterocycles. The van der Waals surface area contributed by atoms with Crippen molar-refractivity contribution in [3.63, 3.8) is 0 Å². The van der Waals surface area contributed by atoms with Crippen LogP contribution >= 0.6 is 0 Å². The van der Waals surface area contributed by atoms with E-state index in [0.717, 1.165) is 18.5 Å². The van der Waals surface area contributed by atoms with Crippen LogP contribution in [0.3, 0.4) is 0 Å². The molecule has 3 rings (SSSR count). The van der Waals surface area contributed by atoms with Crippen LogP contribution < -0.4 is 5.32 Å². The summed E-state index contributed by atoms with van der Waals surface area (Å²) in [5.41, 5.74) is 1.99. The summed E-state index contributed by atoms with van der Waals surface area (Å²) in [6.45, 7) is 3.14. The van der Waals surface area contributed by atoms with Crippen LogP contribution in [-0.2, 0) is 0 Å². The van der Waals surface area contributed by atoms with Gasteiger partial charge in [-0.1, -0.05) is 24.3 Å². The molecule has 1 aliphatic rings. The molecule has 2 aromatic rings. The molecule has 0 unspecified atom stereocenters. The Bertz CT molecular complexity index is 722. The van der Waals surface area contributed by atoms with Gasteiger partial charge in [-0.25, -0.2) is 4.98 Å². The van der Waals surface area contributed by atoms with Gasteiger partial charge in [0.2, 0.25) is 0 Å². The number of carbonyl (C=O) groups excluding carboxylic acids is 2. The molecule has 0 saturated carbocycles. The van der Waals surface area contributed by atoms with E-state index in [2.05, 4.69) is 10.3 Å². The van der Waals surface area contributed by atoms with E-state index >= 15 is 0 Å². The number of nitrogens with one attached hydrogen (secondary N) is 1. The molecule has 0 spiro atoms. The summed E-state index contributed by atoms with van der Waals surface area (Å²) in [5, 5.41) is 3.05. The van der Waals surface area contributed by atoms with Crippen LogP contribution in [0.5, 0.6) is 0 Å². The lowest BCUT2D eigenvalue weighted by atomic mass is 10.0. The number of aromatic nitrogens is 1. The van der Waals surface area contributed by atoms with Crippen molar-refractivity contribution in [3.8, 4) is 0 Å². The van der Waals surface area contributed by atoms with E-state index in [1.165, 1.54) is 0 Å². The highest BCUT2D eigenvalue weighted by molar-refractivity contribution is 5.94. The second kappa shape index (κ2) is 7.25. The average molecular weight is 323 g/mol. The van der Waals surface area contributed by atoms with Gasteiger partial charge in [0.05, 0.1) is 0 Å². The van der Waals surface area contributed by atoms with Gasteiger partial charge >= 0.3 is 0 Å². The number of carbonyl (C=O) groups is 2. The van der Waals surface area contributed by atoms with Crippen LogP contribution in [0.15, 0.2) is 48.5 Å². The number of hydrogen-bond acceptors (Lipinski definition) is 3. The maximum atomic E-state index is 12.5. The molecular weight excluding hydrogens is 302 g/mol. The minimum Gasteiger partial charge on any atom is -0.349 e. The average Bonchev–Trinajstić information content (AvgIpc) is 2.62. The van der Waals surface area contributed by atoms with Crippen LogP contribution in [0.25, 0.3) is 0 Å². The molecule has 0 bridgehead atoms. The Morgan fingerprint density at radius 2 is 1.75 bits per heavy atom. The predicted molar refractivity (Wildman–Crippen MR) is 91.8 cm³/mol. The molecule has 2 heterocycles. The van der Waals surface area contributed by atoms with Crippen molar-refractivity contribution in [1.29, 1.82) is 0 Å². The van der Waals surface area contributed by atoms with Gasteiger partial charge in [0.15, 0.2) is 0 Å². The van der Waals surface area contributed by atoms with Crippen molar-refractivity contribution in [3.05, 3.63) is 65.5 Å². The Hall–Kier alpha value is -2.69. The number of nitrogens with zero attached hydrogens (tertiary/aromatic N) is 2. The largest absolute Gasteiger partial charge is 0.349 e. The molecule has 1 N–H and O–H groups in total. The van der Waals surface area contributed by atoms with E-state index in [1.54, 1.807) is 18.2 Å². The molecule has 24 heavy (non-hydrogen) atoms. The lowest BCUT2D eigenvalue weighted by molar-refractivity contribution is 0.0692. The van der Waals surface area contributed by atoms with Crippen molar-refractivity contribution in [2.45, 2.75) is 25.8 Å². The van der Waals surface area contributed by atoms with Crippen molar-refractivity contribution >= 4 is 11.8 Å². The number of benzene rings is 1. The van der Waals surface area contributed by atoms with Gasteiger partial charge in [-0.2, -0.15) is 0 Å². The summed E-state index contributed by atoms with van der Waals surface area (Å²) in [5.74, 6) is -0.0905. The first-order chi connectivity index (χ1) is 11.6. The third-order valence-electron chi connectivity index (χ3n) is 4.26. The highest BCUT2D eigenvalue weighted by Crippen LogP contribution is 2.14. The van der Waals surface area contributed by atoms with Crippen molar-refractivity contribution < 1.29 is 9.59 Å². The standard InChI is InChI=1S/C19H21N3O2/c1-14-6-5-9-17(20-14)19(24)22-12-10-16(11-13-22)21-18(23)15-7-3-2-4-8-15/h2-9,16H,10-13H2,1H3,(H,21,23). The Morgan fingerprint density at radius 3 is 2.42 bits per heavy atom. The van der Waals surface area contributed by atoms with Crippen LogP contribution in [0.4, 0.5) is 0 Å². The monoisotopic (exact) mass is 323 g/mol. The highest BCUT2D eigenvalue weighted by Gasteiger charge is 2.25. The second-order valence-electron chi connectivity index (χ2n) is 6.07. The third kappa shape index (κ3) is 3.79. The van der Waals surface area contributed by atoms with E-state index in [0.29, 0.717) is 24.3 Å². The molecule has 0 radical (unpaired) electrons. The molecule has 1 aliphatic heterocycles. The molecule has 1 fully saturated rings. The van der Waals surface area contributed by atoms with Gasteiger partial charge < -0.3 is 10.2 Å². The Kier molecular flexibility index (Phi) is 4.89. The molecular formula is C19H21N3O2. The fourth-order valence-corrected chi connectivity index (χ4v) is 2.91. The van der Waals surface area contributed by atoms with Crippen molar-refractivity contribution in [1.82, 2.24) is 15.2 Å². The zero-order valence-corrected chi connectivity index (χ0v) is 13.7. The summed E-state index contributed by atoms with van der Waals surface area (Å²) in [7, 11) is 0. The lowest BCUT2D eigenvalue weighted by Gasteiger charge is -2.32. The van der Waals surface area contributed by atoms with Gasteiger partial charge in [-0.05, 0) is 44.0 Å². The molecule has 5 nitrogen and oxygen atoms in total. The Labute approximate surface area is 141 Å². The summed E-state index contributed by atoms with van der Waals surface area (Å²) in [6, 6.07) is 14.8. The fraction of sp³-hybridized carbons (Fsp3) is 0.316. The topological polar surface area (TPSA) is 62.3 Å². The van der Waals surface area contributed by atoms with E-state index in [9.17, 15) is 9.59 Å². The maximum Gasteiger partial charge on any atom is 0.272 e. The fourth-order valence-electron chi connectivity index (χ4n) is 2.91. The van der Waals surface area contributed by atoms with Crippen molar-refractivity contribution in [2.24, 2.45) is 0 Å². The lowest BCUT2D eigenvalue weighted by Crippen LogP contribution is -2.46. The summed E-state index contributed by atoms with van der Waals surface area (Å²) in [6.07, 6.45) is 1.52. The first-order valence-electron chi connectivity index (χ1n) is 8.22. The van der Waals surface area contributed by atoms with E-state index in [-0.39, 0.29) is 17.9 Å². The van der Waals surface area contributed by atoms with Gasteiger partial charge in [-0.15, -0.1) is 0 Å². The minimum absolute atomic E-state index is 0.0356. The normalized spacial score (nSPS) is 15.1. The third-order valence-corrected chi connectivity index (χ3v) is 4.26. The molecule has 0 atom stereocenters. The van der Waals surface area contributed by atoms with Crippen molar-refractivity contribution in [2.75, 3.05) is 13.1 Å². The SMILES string of the molecule is Cc1cccc(C(=O)N2CCC(NC(=O)c3ccccc3)CC2)n1. The first kappa shape index (κ1) is 16.2. The zero-order chi connectivity index (χ0) is 16.9. The number of piperidine rings is 1. The number of likely N-dealkylation sites (tertiary alicyclic amines) is 1. The van der Waals surface area contributed by atoms with E-state index < -0.39 is 0 Å². The van der Waals surface area contributed by atoms with Crippen LogP contribution in [0.1, 0.15) is 39.4 Å². The molecule has 2 amide bonds. The number of amides is 2. The molecule has 1 aromatic carbocycles. The molecule has 5 heteroatoms. The van der Waals surface area contributed by atoms with Gasteiger partial charge in [0, 0.05) is 30.4 Å². The zero-order valence-electron chi connectivity index (χ0n) is 13.7. The summed E-state index contributed by atoms with van der Waals surface area (Å²) in [4.78, 5) is 30.8. The second-order valence-corrected chi connectivity index (χ2v) is 6.07. The minimum atomic E-state index is -0.0549. The summed E-state index contributed by atoms with van der Waals surface area (Å²) >= 11 is 0. The van der Waals surface area contributed by atoms with Crippen LogP contribution in [0, 0.1) is 6.92 Å². The molecule has 1 saturated heterocycles. The number of hydrogen-bond donors (Lipinski definition) is 1. The number of aryl methyl sites for hydroxylation is 1.